The molecule has 1 aliphatic carbocycles. The molecule has 2 atom stereocenters. The molecule has 6 aromatic carbocycles. The quantitative estimate of drug-likeness (QED) is 0.258. The maximum absolute atomic E-state index is 3.77. The fourth-order valence-corrected chi connectivity index (χ4v) is 6.48. The van der Waals surface area contributed by atoms with Crippen LogP contribution in [0.3, 0.4) is 0 Å². The van der Waals surface area contributed by atoms with Crippen molar-refractivity contribution < 1.29 is 0 Å². The Morgan fingerprint density at radius 3 is 1.65 bits per heavy atom. The van der Waals surface area contributed by atoms with Crippen molar-refractivity contribution in [1.82, 2.24) is 0 Å². The fourth-order valence-electron chi connectivity index (χ4n) is 6.48. The molecule has 1 aliphatic heterocycles. The summed E-state index contributed by atoms with van der Waals surface area (Å²) >= 11 is 0. The highest BCUT2D eigenvalue weighted by Gasteiger charge is 2.31. The molecule has 2 aliphatic rings. The van der Waals surface area contributed by atoms with Crippen molar-refractivity contribution in [1.29, 1.82) is 0 Å². The second-order valence-corrected chi connectivity index (χ2v) is 10.2. The van der Waals surface area contributed by atoms with Crippen LogP contribution < -0.4 is 15.8 Å². The van der Waals surface area contributed by atoms with Crippen LogP contribution in [0.2, 0.25) is 0 Å². The lowest BCUT2D eigenvalue weighted by atomic mass is 9.84. The summed E-state index contributed by atoms with van der Waals surface area (Å²) in [4.78, 5) is 0. The number of hydrogen-bond donors (Lipinski definition) is 1. The molecule has 1 heterocycles. The first-order valence-corrected chi connectivity index (χ1v) is 13.0. The first kappa shape index (κ1) is 20.6. The predicted octanol–water partition coefficient (Wildman–Crippen LogP) is 7.48. The fraction of sp³-hybridized carbons (Fsp3) is 0.0556. The summed E-state index contributed by atoms with van der Waals surface area (Å²) in [6.45, 7) is 0. The van der Waals surface area contributed by atoms with Crippen molar-refractivity contribution in [2.45, 2.75) is 12.0 Å². The van der Waals surface area contributed by atoms with E-state index in [1.165, 1.54) is 65.5 Å². The van der Waals surface area contributed by atoms with Crippen molar-refractivity contribution in [2.24, 2.45) is 0 Å². The molecule has 1 heteroatoms. The molecule has 0 fully saturated rings. The van der Waals surface area contributed by atoms with Crippen LogP contribution in [0, 0.1) is 0 Å². The van der Waals surface area contributed by atoms with Gasteiger partial charge >= 0.3 is 0 Å². The Kier molecular flexibility index (Phi) is 4.41. The van der Waals surface area contributed by atoms with E-state index in [0.717, 1.165) is 0 Å². The van der Waals surface area contributed by atoms with Gasteiger partial charge in [-0.15, -0.1) is 0 Å². The van der Waals surface area contributed by atoms with Gasteiger partial charge in [-0.3, -0.25) is 0 Å². The summed E-state index contributed by atoms with van der Waals surface area (Å²) in [5.74, 6) is 0.339. The summed E-state index contributed by atoms with van der Waals surface area (Å²) in [5, 5.41) is 11.6. The molecule has 0 amide bonds. The topological polar surface area (TPSA) is 12.0 Å². The first-order valence-electron chi connectivity index (χ1n) is 13.0. The lowest BCUT2D eigenvalue weighted by Gasteiger charge is -2.19. The van der Waals surface area contributed by atoms with Gasteiger partial charge in [0, 0.05) is 11.6 Å². The molecule has 0 aromatic heterocycles. The van der Waals surface area contributed by atoms with Gasteiger partial charge in [0.15, 0.2) is 0 Å². The summed E-state index contributed by atoms with van der Waals surface area (Å²) in [6, 6.07) is 44.6. The number of benzene rings is 6. The van der Waals surface area contributed by atoms with Gasteiger partial charge in [-0.2, -0.15) is 0 Å². The van der Waals surface area contributed by atoms with Gasteiger partial charge in [0.1, 0.15) is 0 Å². The van der Waals surface area contributed by atoms with E-state index in [1.54, 1.807) is 0 Å². The van der Waals surface area contributed by atoms with Gasteiger partial charge in [0.25, 0.3) is 0 Å². The molecule has 0 saturated carbocycles. The Morgan fingerprint density at radius 1 is 0.459 bits per heavy atom. The highest BCUT2D eigenvalue weighted by atomic mass is 15.0. The third-order valence-electron chi connectivity index (χ3n) is 8.12. The number of hydrogen-bond acceptors (Lipinski definition) is 1. The first-order chi connectivity index (χ1) is 18.3. The largest absolute Gasteiger partial charge is 0.378 e. The lowest BCUT2D eigenvalue weighted by molar-refractivity contribution is 0.871. The molecule has 0 spiro atoms. The molecule has 37 heavy (non-hydrogen) atoms. The molecule has 8 rings (SSSR count). The molecule has 6 aromatic rings. The van der Waals surface area contributed by atoms with Crippen LogP contribution in [0.5, 0.6) is 0 Å². The van der Waals surface area contributed by atoms with Crippen LogP contribution in [0.15, 0.2) is 121 Å². The average Bonchev–Trinajstić information content (AvgIpc) is 3.31. The second-order valence-electron chi connectivity index (χ2n) is 10.2. The van der Waals surface area contributed by atoms with E-state index >= 15 is 0 Å². The van der Waals surface area contributed by atoms with Crippen LogP contribution >= 0.6 is 0 Å². The van der Waals surface area contributed by atoms with Crippen LogP contribution in [-0.2, 0) is 0 Å². The zero-order valence-electron chi connectivity index (χ0n) is 20.4. The van der Waals surface area contributed by atoms with Crippen molar-refractivity contribution in [3.05, 3.63) is 137 Å². The van der Waals surface area contributed by atoms with E-state index < -0.39 is 0 Å². The van der Waals surface area contributed by atoms with Gasteiger partial charge in [0.05, 0.1) is 6.04 Å². The molecule has 1 nitrogen and oxygen atoms in total. The minimum Gasteiger partial charge on any atom is -0.378 e. The number of anilines is 1. The molecule has 0 bridgehead atoms. The van der Waals surface area contributed by atoms with Gasteiger partial charge < -0.3 is 5.32 Å². The number of rotatable bonds is 2. The molecular formula is C36H25N. The maximum Gasteiger partial charge on any atom is 0.0557 e. The van der Waals surface area contributed by atoms with E-state index in [0.29, 0.717) is 12.0 Å². The maximum atomic E-state index is 3.77. The summed E-state index contributed by atoms with van der Waals surface area (Å²) < 4.78 is 0. The lowest BCUT2D eigenvalue weighted by Crippen LogP contribution is -2.34. The van der Waals surface area contributed by atoms with E-state index in [-0.39, 0.29) is 0 Å². The van der Waals surface area contributed by atoms with Crippen LogP contribution in [0.25, 0.3) is 56.0 Å². The molecular weight excluding hydrogens is 446 g/mol. The van der Waals surface area contributed by atoms with Crippen LogP contribution in [0.4, 0.5) is 5.69 Å². The van der Waals surface area contributed by atoms with Crippen molar-refractivity contribution in [3.63, 3.8) is 0 Å². The van der Waals surface area contributed by atoms with Crippen LogP contribution in [-0.4, -0.2) is 6.04 Å². The van der Waals surface area contributed by atoms with E-state index in [2.05, 4.69) is 139 Å². The van der Waals surface area contributed by atoms with Gasteiger partial charge in [0.2, 0.25) is 0 Å². The SMILES string of the molecule is C1=c2ccccc2=CC2c3cc(-c4c5ccccc5c(-c5ccccc5)c5ccccc45)ccc3NC12. The Hall–Kier alpha value is -4.62. The van der Waals surface area contributed by atoms with Crippen molar-refractivity contribution in [3.8, 4) is 22.3 Å². The molecule has 0 radical (unpaired) electrons. The zero-order valence-corrected chi connectivity index (χ0v) is 20.4. The Balaban J connectivity index is 1.40. The van der Waals surface area contributed by atoms with E-state index in [4.69, 9.17) is 0 Å². The number of nitrogens with one attached hydrogen (secondary N) is 1. The summed E-state index contributed by atoms with van der Waals surface area (Å²) in [5.41, 5.74) is 7.79. The molecule has 174 valence electrons. The van der Waals surface area contributed by atoms with Gasteiger partial charge in [-0.05, 0) is 71.9 Å². The average molecular weight is 472 g/mol. The minimum absolute atomic E-state index is 0.300. The Bertz CT molecular complexity index is 1910. The summed E-state index contributed by atoms with van der Waals surface area (Å²) in [6.07, 6.45) is 4.83. The summed E-state index contributed by atoms with van der Waals surface area (Å²) in [7, 11) is 0. The highest BCUT2D eigenvalue weighted by molar-refractivity contribution is 6.21. The van der Waals surface area contributed by atoms with Crippen molar-refractivity contribution >= 4 is 39.4 Å². The Morgan fingerprint density at radius 2 is 1.00 bits per heavy atom. The second kappa shape index (κ2) is 7.94. The highest BCUT2D eigenvalue weighted by Crippen LogP contribution is 2.46. The van der Waals surface area contributed by atoms with Crippen LogP contribution in [0.1, 0.15) is 11.5 Å². The normalized spacial score (nSPS) is 17.3. The Labute approximate surface area is 216 Å². The third-order valence-corrected chi connectivity index (χ3v) is 8.12. The molecule has 2 unspecified atom stereocenters. The zero-order chi connectivity index (χ0) is 24.3. The third kappa shape index (κ3) is 3.11. The molecule has 1 N–H and O–H groups in total. The van der Waals surface area contributed by atoms with Gasteiger partial charge in [-0.1, -0.05) is 121 Å². The number of fused-ring (bicyclic) bond motifs is 6. The molecule has 0 saturated heterocycles. The minimum atomic E-state index is 0.300. The van der Waals surface area contributed by atoms with Crippen molar-refractivity contribution in [2.75, 3.05) is 5.32 Å². The van der Waals surface area contributed by atoms with Gasteiger partial charge in [-0.25, -0.2) is 0 Å². The monoisotopic (exact) mass is 471 g/mol. The smallest absolute Gasteiger partial charge is 0.0557 e. The van der Waals surface area contributed by atoms with E-state index in [1.807, 2.05) is 0 Å². The predicted molar refractivity (Wildman–Crippen MR) is 157 cm³/mol. The standard InChI is InChI=1S/C36H25N/c1-2-10-23(11-3-1)35-27-14-6-8-16-29(27)36(30-17-9-7-15-28(30)35)26-18-19-33-31(21-26)32-20-24-12-4-5-13-25(24)22-34(32)37-33/h1-22,32,34,37H. The van der Waals surface area contributed by atoms with E-state index in [9.17, 15) is 0 Å².